The molecule has 4 aromatic rings. The molecule has 1 aromatic carbocycles. The van der Waals surface area contributed by atoms with E-state index in [4.69, 9.17) is 4.74 Å². The lowest BCUT2D eigenvalue weighted by Gasteiger charge is -2.32. The number of pyridine rings is 1. The summed E-state index contributed by atoms with van der Waals surface area (Å²) in [5, 5.41) is 15.8. The number of aromatic amines is 1. The third-order valence-corrected chi connectivity index (χ3v) is 7.36. The quantitative estimate of drug-likeness (QED) is 0.348. The first-order valence-electron chi connectivity index (χ1n) is 11.6. The number of hydrogen-bond acceptors (Lipinski definition) is 7. The van der Waals surface area contributed by atoms with Crippen LogP contribution in [0, 0.1) is 0 Å². The lowest BCUT2D eigenvalue weighted by atomic mass is 10.0. The van der Waals surface area contributed by atoms with Crippen LogP contribution in [-0.4, -0.2) is 37.2 Å². The molecule has 0 aliphatic heterocycles. The highest BCUT2D eigenvalue weighted by Crippen LogP contribution is 2.31. The number of hydrogen-bond donors (Lipinski definition) is 1. The molecule has 4 rings (SSSR count). The van der Waals surface area contributed by atoms with Gasteiger partial charge in [-0.15, -0.1) is 16.4 Å². The van der Waals surface area contributed by atoms with Crippen molar-refractivity contribution in [1.29, 1.82) is 0 Å². The van der Waals surface area contributed by atoms with Gasteiger partial charge in [-0.05, 0) is 72.8 Å². The molecule has 0 spiro atoms. The minimum atomic E-state index is -0.210. The number of thiophene rings is 1. The van der Waals surface area contributed by atoms with E-state index in [0.29, 0.717) is 18.7 Å². The van der Waals surface area contributed by atoms with Crippen LogP contribution < -0.4 is 10.3 Å². The standard InChI is InChI=1S/C25H32N6O2S/c1-6-22(23-27-28-29-31(23)25(3,4)7-2)30(16-20-9-8-12-34-20)15-18-13-17-14-19(33-5)10-11-21(17)26-24(18)32/h8-14,22H,6-7,15-16H2,1-5H3,(H,26,32)/t22-/m0/s1. The molecule has 0 saturated heterocycles. The molecular weight excluding hydrogens is 448 g/mol. The van der Waals surface area contributed by atoms with Crippen LogP contribution in [0.3, 0.4) is 0 Å². The molecule has 0 fully saturated rings. The SMILES string of the molecule is CC[C@@H](c1nnnn1C(C)(C)CC)N(Cc1cccs1)Cc1cc2cc(OC)ccc2[nH]c1=O. The van der Waals surface area contributed by atoms with Gasteiger partial charge in [-0.25, -0.2) is 4.68 Å². The zero-order valence-electron chi connectivity index (χ0n) is 20.4. The number of methoxy groups -OCH3 is 1. The maximum Gasteiger partial charge on any atom is 0.252 e. The van der Waals surface area contributed by atoms with Gasteiger partial charge in [-0.2, -0.15) is 0 Å². The summed E-state index contributed by atoms with van der Waals surface area (Å²) in [6, 6.07) is 11.8. The minimum Gasteiger partial charge on any atom is -0.497 e. The van der Waals surface area contributed by atoms with E-state index in [2.05, 4.69) is 70.6 Å². The second kappa shape index (κ2) is 10.1. The maximum absolute atomic E-state index is 13.0. The second-order valence-corrected chi connectivity index (χ2v) is 10.1. The molecule has 0 aliphatic carbocycles. The summed E-state index contributed by atoms with van der Waals surface area (Å²) in [6.45, 7) is 9.73. The number of tetrazole rings is 1. The van der Waals surface area contributed by atoms with Crippen LogP contribution in [0.4, 0.5) is 0 Å². The molecule has 0 aliphatic rings. The van der Waals surface area contributed by atoms with Gasteiger partial charge >= 0.3 is 0 Å². The highest BCUT2D eigenvalue weighted by Gasteiger charge is 2.31. The average Bonchev–Trinajstić information content (AvgIpc) is 3.52. The van der Waals surface area contributed by atoms with Gasteiger partial charge in [0.15, 0.2) is 5.82 Å². The fraction of sp³-hybridized carbons (Fsp3) is 0.440. The molecule has 0 bridgehead atoms. The Morgan fingerprint density at radius 2 is 2.03 bits per heavy atom. The van der Waals surface area contributed by atoms with Gasteiger partial charge < -0.3 is 9.72 Å². The first-order valence-corrected chi connectivity index (χ1v) is 12.5. The molecule has 180 valence electrons. The van der Waals surface area contributed by atoms with Gasteiger partial charge in [0.05, 0.1) is 18.7 Å². The van der Waals surface area contributed by atoms with E-state index in [1.807, 2.05) is 28.9 Å². The zero-order valence-corrected chi connectivity index (χ0v) is 21.2. The van der Waals surface area contributed by atoms with Gasteiger partial charge in [0.1, 0.15) is 5.75 Å². The van der Waals surface area contributed by atoms with Crippen LogP contribution in [0.15, 0.2) is 46.6 Å². The van der Waals surface area contributed by atoms with Crippen molar-refractivity contribution in [2.24, 2.45) is 0 Å². The molecule has 3 heterocycles. The molecule has 34 heavy (non-hydrogen) atoms. The summed E-state index contributed by atoms with van der Waals surface area (Å²) in [5.74, 6) is 1.58. The highest BCUT2D eigenvalue weighted by atomic mass is 32.1. The van der Waals surface area contributed by atoms with Crippen LogP contribution >= 0.6 is 11.3 Å². The molecular formula is C25H32N6O2S. The fourth-order valence-corrected chi connectivity index (χ4v) is 4.89. The van der Waals surface area contributed by atoms with Gasteiger partial charge in [0.2, 0.25) is 0 Å². The van der Waals surface area contributed by atoms with Crippen molar-refractivity contribution in [3.8, 4) is 5.75 Å². The Balaban J connectivity index is 1.76. The first-order chi connectivity index (χ1) is 16.4. The zero-order chi connectivity index (χ0) is 24.3. The summed E-state index contributed by atoms with van der Waals surface area (Å²) >= 11 is 1.71. The van der Waals surface area contributed by atoms with E-state index in [1.165, 1.54) is 4.88 Å². The number of nitrogens with zero attached hydrogens (tertiary/aromatic N) is 5. The number of ether oxygens (including phenoxy) is 1. The van der Waals surface area contributed by atoms with Crippen LogP contribution in [0.2, 0.25) is 0 Å². The van der Waals surface area contributed by atoms with Crippen LogP contribution in [-0.2, 0) is 18.6 Å². The Hall–Kier alpha value is -3.04. The number of aromatic nitrogens is 5. The first kappa shape index (κ1) is 24.1. The Labute approximate surface area is 203 Å². The monoisotopic (exact) mass is 480 g/mol. The third-order valence-electron chi connectivity index (χ3n) is 6.50. The summed E-state index contributed by atoms with van der Waals surface area (Å²) < 4.78 is 7.32. The van der Waals surface area contributed by atoms with Crippen molar-refractivity contribution >= 4 is 22.2 Å². The van der Waals surface area contributed by atoms with Crippen LogP contribution in [0.25, 0.3) is 10.9 Å². The highest BCUT2D eigenvalue weighted by molar-refractivity contribution is 7.09. The van der Waals surface area contributed by atoms with E-state index < -0.39 is 0 Å². The molecule has 3 aromatic heterocycles. The van der Waals surface area contributed by atoms with Gasteiger partial charge in [-0.3, -0.25) is 9.69 Å². The molecule has 0 amide bonds. The lowest BCUT2D eigenvalue weighted by molar-refractivity contribution is 0.152. The molecule has 0 unspecified atom stereocenters. The Bertz CT molecular complexity index is 1290. The Morgan fingerprint density at radius 1 is 1.21 bits per heavy atom. The largest absolute Gasteiger partial charge is 0.497 e. The van der Waals surface area contributed by atoms with Gasteiger partial charge in [0, 0.05) is 34.4 Å². The smallest absolute Gasteiger partial charge is 0.252 e. The molecule has 1 atom stereocenters. The summed E-state index contributed by atoms with van der Waals surface area (Å²) in [7, 11) is 1.64. The molecule has 0 saturated carbocycles. The van der Waals surface area contributed by atoms with Crippen molar-refractivity contribution in [3.05, 3.63) is 68.4 Å². The fourth-order valence-electron chi connectivity index (χ4n) is 4.16. The third kappa shape index (κ3) is 4.90. The molecule has 1 N–H and O–H groups in total. The molecule has 8 nitrogen and oxygen atoms in total. The van der Waals surface area contributed by atoms with Crippen molar-refractivity contribution < 1.29 is 4.74 Å². The number of fused-ring (bicyclic) bond motifs is 1. The average molecular weight is 481 g/mol. The Morgan fingerprint density at radius 3 is 2.71 bits per heavy atom. The van der Waals surface area contributed by atoms with E-state index >= 15 is 0 Å². The van der Waals surface area contributed by atoms with Crippen LogP contribution in [0.1, 0.15) is 62.8 Å². The topological polar surface area (TPSA) is 88.9 Å². The normalized spacial score (nSPS) is 13.0. The maximum atomic E-state index is 13.0. The lowest BCUT2D eigenvalue weighted by Crippen LogP contribution is -2.35. The number of H-pyrrole nitrogens is 1. The van der Waals surface area contributed by atoms with Gasteiger partial charge in [0.25, 0.3) is 5.56 Å². The predicted molar refractivity (Wildman–Crippen MR) is 135 cm³/mol. The predicted octanol–water partition coefficient (Wildman–Crippen LogP) is 4.88. The summed E-state index contributed by atoms with van der Waals surface area (Å²) in [4.78, 5) is 19.6. The van der Waals surface area contributed by atoms with Gasteiger partial charge in [-0.1, -0.05) is 19.9 Å². The van der Waals surface area contributed by atoms with E-state index in [1.54, 1.807) is 18.4 Å². The number of benzene rings is 1. The number of rotatable bonds is 10. The van der Waals surface area contributed by atoms with Crippen molar-refractivity contribution in [1.82, 2.24) is 30.1 Å². The van der Waals surface area contributed by atoms with Crippen molar-refractivity contribution in [3.63, 3.8) is 0 Å². The Kier molecular flexibility index (Phi) is 7.13. The summed E-state index contributed by atoms with van der Waals surface area (Å²) in [6.07, 6.45) is 1.71. The van der Waals surface area contributed by atoms with E-state index in [-0.39, 0.29) is 17.1 Å². The minimum absolute atomic E-state index is 0.0525. The molecule has 0 radical (unpaired) electrons. The van der Waals surface area contributed by atoms with Crippen molar-refractivity contribution in [2.45, 2.75) is 65.2 Å². The molecule has 9 heteroatoms. The second-order valence-electron chi connectivity index (χ2n) is 9.10. The number of nitrogens with one attached hydrogen (secondary N) is 1. The van der Waals surface area contributed by atoms with Crippen molar-refractivity contribution in [2.75, 3.05) is 7.11 Å². The summed E-state index contributed by atoms with van der Waals surface area (Å²) in [5.41, 5.74) is 1.19. The van der Waals surface area contributed by atoms with E-state index in [0.717, 1.165) is 35.3 Å². The van der Waals surface area contributed by atoms with Crippen LogP contribution in [0.5, 0.6) is 5.75 Å². The van der Waals surface area contributed by atoms with E-state index in [9.17, 15) is 4.79 Å².